The number of hydrogen-bond donors (Lipinski definition) is 3. The van der Waals surface area contributed by atoms with Crippen LogP contribution in [0.3, 0.4) is 0 Å². The normalized spacial score (nSPS) is 11.0. The molecule has 9 heteroatoms. The predicted molar refractivity (Wildman–Crippen MR) is 153 cm³/mol. The van der Waals surface area contributed by atoms with Gasteiger partial charge >= 0.3 is 0 Å². The molecule has 0 bridgehead atoms. The van der Waals surface area contributed by atoms with E-state index in [2.05, 4.69) is 20.6 Å². The summed E-state index contributed by atoms with van der Waals surface area (Å²) in [7, 11) is 0. The molecule has 0 fully saturated rings. The summed E-state index contributed by atoms with van der Waals surface area (Å²) in [5, 5.41) is 6.11. The van der Waals surface area contributed by atoms with Crippen molar-refractivity contribution >= 4 is 35.4 Å². The lowest BCUT2D eigenvalue weighted by Crippen LogP contribution is -2.34. The fraction of sp³-hybridized carbons (Fsp3) is 0.172. The lowest BCUT2D eigenvalue weighted by molar-refractivity contribution is -0.121. The second kappa shape index (κ2) is 12.7. The van der Waals surface area contributed by atoms with Crippen LogP contribution in [0.15, 0.2) is 88.6 Å². The van der Waals surface area contributed by atoms with Crippen LogP contribution in [0.2, 0.25) is 5.15 Å². The van der Waals surface area contributed by atoms with Crippen molar-refractivity contribution in [2.24, 2.45) is 10.7 Å². The van der Waals surface area contributed by atoms with E-state index in [0.29, 0.717) is 30.8 Å². The molecule has 0 unspecified atom stereocenters. The van der Waals surface area contributed by atoms with Crippen molar-refractivity contribution in [3.05, 3.63) is 111 Å². The molecule has 0 aliphatic heterocycles. The zero-order valence-electron chi connectivity index (χ0n) is 21.0. The quantitative estimate of drug-likeness (QED) is 0.208. The summed E-state index contributed by atoms with van der Waals surface area (Å²) >= 11 is 6.61. The fourth-order valence-corrected chi connectivity index (χ4v) is 4.24. The van der Waals surface area contributed by atoms with Gasteiger partial charge < -0.3 is 16.4 Å². The van der Waals surface area contributed by atoms with Crippen LogP contribution in [-0.2, 0) is 24.3 Å². The lowest BCUT2D eigenvalue weighted by atomic mass is 10.1. The molecule has 4 aromatic rings. The van der Waals surface area contributed by atoms with Crippen molar-refractivity contribution in [3.8, 4) is 11.3 Å². The van der Waals surface area contributed by atoms with Gasteiger partial charge in [-0.05, 0) is 36.6 Å². The number of nitrogens with one attached hydrogen (secondary N) is 2. The number of carbonyl (C=O) groups excluding carboxylic acids is 1. The van der Waals surface area contributed by atoms with E-state index in [1.165, 1.54) is 10.9 Å². The Morgan fingerprint density at radius 2 is 1.74 bits per heavy atom. The highest BCUT2D eigenvalue weighted by atomic mass is 35.5. The minimum Gasteiger partial charge on any atom is -0.390 e. The number of rotatable bonds is 10. The molecule has 0 spiro atoms. The number of aryl methyl sites for hydroxylation is 1. The van der Waals surface area contributed by atoms with E-state index in [9.17, 15) is 9.59 Å². The van der Waals surface area contributed by atoms with Crippen molar-refractivity contribution in [1.82, 2.24) is 14.9 Å². The van der Waals surface area contributed by atoms with Crippen molar-refractivity contribution in [2.45, 2.75) is 26.4 Å². The summed E-state index contributed by atoms with van der Waals surface area (Å²) in [4.78, 5) is 34.8. The zero-order valence-corrected chi connectivity index (χ0v) is 21.8. The molecule has 0 saturated carbocycles. The molecule has 0 atom stereocenters. The fourth-order valence-electron chi connectivity index (χ4n) is 3.95. The van der Waals surface area contributed by atoms with Crippen LogP contribution < -0.4 is 21.9 Å². The molecule has 38 heavy (non-hydrogen) atoms. The molecular weight excluding hydrogens is 500 g/mol. The molecule has 0 saturated heterocycles. The SMILES string of the molecule is Cc1ccc(-c2c(Cl)nc(NCCc3ccccc3)c(=O)n2CC(=O)NCc2ccc(N=CN)cc2)cc1. The van der Waals surface area contributed by atoms with E-state index >= 15 is 0 Å². The number of carbonyl (C=O) groups is 1. The maximum Gasteiger partial charge on any atom is 0.294 e. The van der Waals surface area contributed by atoms with Gasteiger partial charge in [-0.2, -0.15) is 0 Å². The van der Waals surface area contributed by atoms with Crippen LogP contribution in [0.4, 0.5) is 11.5 Å². The number of benzene rings is 3. The van der Waals surface area contributed by atoms with Crippen molar-refractivity contribution in [3.63, 3.8) is 0 Å². The highest BCUT2D eigenvalue weighted by molar-refractivity contribution is 6.32. The van der Waals surface area contributed by atoms with Crippen LogP contribution in [-0.4, -0.2) is 28.3 Å². The molecule has 8 nitrogen and oxygen atoms in total. The first-order chi connectivity index (χ1) is 18.4. The van der Waals surface area contributed by atoms with Gasteiger partial charge in [0.05, 0.1) is 17.7 Å². The standard InChI is InChI=1S/C29H29ClN6O2/c1-20-7-11-23(12-8-20)26-27(30)35-28(32-16-15-21-5-3-2-4-6-21)29(38)36(26)18-25(37)33-17-22-9-13-24(14-10-22)34-19-31/h2-14,19H,15-18H2,1H3,(H2,31,34)(H,32,35)(H,33,37). The molecule has 0 radical (unpaired) electrons. The van der Waals surface area contributed by atoms with Gasteiger partial charge in [-0.15, -0.1) is 0 Å². The van der Waals surface area contributed by atoms with Gasteiger partial charge in [0.25, 0.3) is 5.56 Å². The number of hydrogen-bond acceptors (Lipinski definition) is 5. The Balaban J connectivity index is 1.56. The van der Waals surface area contributed by atoms with E-state index in [1.807, 2.05) is 73.7 Å². The summed E-state index contributed by atoms with van der Waals surface area (Å²) in [5.74, 6) is -0.229. The second-order valence-electron chi connectivity index (χ2n) is 8.74. The first kappa shape index (κ1) is 26.6. The lowest BCUT2D eigenvalue weighted by Gasteiger charge is -2.17. The maximum absolute atomic E-state index is 13.5. The van der Waals surface area contributed by atoms with Crippen LogP contribution in [0.5, 0.6) is 0 Å². The summed E-state index contributed by atoms with van der Waals surface area (Å²) < 4.78 is 1.37. The highest BCUT2D eigenvalue weighted by Crippen LogP contribution is 2.26. The summed E-state index contributed by atoms with van der Waals surface area (Å²) in [5.41, 5.74) is 9.79. The minimum atomic E-state index is -0.419. The molecule has 0 aliphatic carbocycles. The van der Waals surface area contributed by atoms with E-state index in [1.54, 1.807) is 12.1 Å². The van der Waals surface area contributed by atoms with E-state index < -0.39 is 5.56 Å². The topological polar surface area (TPSA) is 114 Å². The first-order valence-corrected chi connectivity index (χ1v) is 12.6. The van der Waals surface area contributed by atoms with Gasteiger partial charge in [0.15, 0.2) is 11.0 Å². The van der Waals surface area contributed by atoms with Crippen LogP contribution >= 0.6 is 11.6 Å². The van der Waals surface area contributed by atoms with Gasteiger partial charge in [0.1, 0.15) is 6.54 Å². The monoisotopic (exact) mass is 528 g/mol. The zero-order chi connectivity index (χ0) is 26.9. The first-order valence-electron chi connectivity index (χ1n) is 12.2. The number of anilines is 1. The molecule has 0 aliphatic rings. The van der Waals surface area contributed by atoms with Gasteiger partial charge in [-0.1, -0.05) is 83.9 Å². The Morgan fingerprint density at radius 1 is 1.03 bits per heavy atom. The third kappa shape index (κ3) is 6.86. The third-order valence-electron chi connectivity index (χ3n) is 5.95. The van der Waals surface area contributed by atoms with Gasteiger partial charge in [-0.25, -0.2) is 9.98 Å². The minimum absolute atomic E-state index is 0.102. The number of halogens is 1. The van der Waals surface area contributed by atoms with E-state index in [4.69, 9.17) is 17.3 Å². The Kier molecular flexibility index (Phi) is 8.89. The maximum atomic E-state index is 13.5. The number of aromatic nitrogens is 2. The van der Waals surface area contributed by atoms with Crippen molar-refractivity contribution in [1.29, 1.82) is 0 Å². The molecule has 3 aromatic carbocycles. The van der Waals surface area contributed by atoms with E-state index in [0.717, 1.165) is 22.4 Å². The van der Waals surface area contributed by atoms with Crippen LogP contribution in [0.1, 0.15) is 16.7 Å². The third-order valence-corrected chi connectivity index (χ3v) is 6.21. The molecule has 4 rings (SSSR count). The molecule has 4 N–H and O–H groups in total. The molecular formula is C29H29ClN6O2. The van der Waals surface area contributed by atoms with Gasteiger partial charge in [0.2, 0.25) is 5.91 Å². The van der Waals surface area contributed by atoms with Crippen LogP contribution in [0, 0.1) is 6.92 Å². The summed E-state index contributed by atoms with van der Waals surface area (Å²) in [6, 6.07) is 24.8. The summed E-state index contributed by atoms with van der Waals surface area (Å²) in [6.45, 7) is 2.54. The summed E-state index contributed by atoms with van der Waals surface area (Å²) in [6.07, 6.45) is 1.93. The number of nitrogens with zero attached hydrogens (tertiary/aromatic N) is 3. The molecule has 1 aromatic heterocycles. The number of amides is 1. The smallest absolute Gasteiger partial charge is 0.294 e. The van der Waals surface area contributed by atoms with Crippen molar-refractivity contribution in [2.75, 3.05) is 11.9 Å². The average Bonchev–Trinajstić information content (AvgIpc) is 2.92. The Bertz CT molecular complexity index is 1470. The number of aliphatic imine (C=N–C) groups is 1. The van der Waals surface area contributed by atoms with E-state index in [-0.39, 0.29) is 23.4 Å². The average molecular weight is 529 g/mol. The predicted octanol–water partition coefficient (Wildman–Crippen LogP) is 4.46. The molecule has 1 heterocycles. The molecule has 1 amide bonds. The Morgan fingerprint density at radius 3 is 2.42 bits per heavy atom. The Hall–Kier alpha value is -4.43. The van der Waals surface area contributed by atoms with Gasteiger partial charge in [-0.3, -0.25) is 14.2 Å². The van der Waals surface area contributed by atoms with Crippen LogP contribution in [0.25, 0.3) is 11.3 Å². The second-order valence-corrected chi connectivity index (χ2v) is 9.10. The molecule has 194 valence electrons. The highest BCUT2D eigenvalue weighted by Gasteiger charge is 2.19. The van der Waals surface area contributed by atoms with Gasteiger partial charge in [0, 0.05) is 18.7 Å². The number of nitrogens with two attached hydrogens (primary N) is 1. The van der Waals surface area contributed by atoms with Crippen molar-refractivity contribution < 1.29 is 4.79 Å². The largest absolute Gasteiger partial charge is 0.390 e. The Labute approximate surface area is 226 Å².